The molecule has 0 aliphatic carbocycles. The maximum Gasteiger partial charge on any atom is -0.00257 e. The van der Waals surface area contributed by atoms with Gasteiger partial charge in [0.25, 0.3) is 0 Å². The lowest BCUT2D eigenvalue weighted by Gasteiger charge is -2.07. The van der Waals surface area contributed by atoms with Gasteiger partial charge in [0.05, 0.1) is 0 Å². The van der Waals surface area contributed by atoms with Gasteiger partial charge < -0.3 is 0 Å². The summed E-state index contributed by atoms with van der Waals surface area (Å²) in [4.78, 5) is 0. The Kier molecular flexibility index (Phi) is 3.97. The van der Waals surface area contributed by atoms with E-state index in [9.17, 15) is 0 Å². The molecule has 102 valence electrons. The van der Waals surface area contributed by atoms with Crippen molar-refractivity contribution < 1.29 is 0 Å². The zero-order valence-electron chi connectivity index (χ0n) is 12.0. The van der Waals surface area contributed by atoms with Crippen molar-refractivity contribution in [3.8, 4) is 11.1 Å². The van der Waals surface area contributed by atoms with Crippen molar-refractivity contribution in [2.75, 3.05) is 0 Å². The highest BCUT2D eigenvalue weighted by Gasteiger charge is 2.01. The van der Waals surface area contributed by atoms with Gasteiger partial charge >= 0.3 is 0 Å². The van der Waals surface area contributed by atoms with E-state index in [0.29, 0.717) is 0 Å². The summed E-state index contributed by atoms with van der Waals surface area (Å²) >= 11 is 0. The van der Waals surface area contributed by atoms with Gasteiger partial charge in [0.15, 0.2) is 0 Å². The second-order valence-corrected chi connectivity index (χ2v) is 5.21. The minimum Gasteiger partial charge on any atom is -0.0949 e. The third-order valence-electron chi connectivity index (χ3n) is 3.66. The summed E-state index contributed by atoms with van der Waals surface area (Å²) in [5.41, 5.74) is 6.17. The lowest BCUT2D eigenvalue weighted by atomic mass is 9.97. The topological polar surface area (TPSA) is 0 Å². The van der Waals surface area contributed by atoms with E-state index in [0.717, 1.165) is 12.0 Å². The number of hydrogen-bond donors (Lipinski definition) is 0. The van der Waals surface area contributed by atoms with Crippen LogP contribution < -0.4 is 0 Å². The minimum atomic E-state index is 0.888. The molecule has 3 aromatic rings. The summed E-state index contributed by atoms with van der Waals surface area (Å²) in [5, 5.41) is 0. The number of benzene rings is 3. The maximum absolute atomic E-state index is 4.20. The van der Waals surface area contributed by atoms with Crippen molar-refractivity contribution in [2.24, 2.45) is 0 Å². The van der Waals surface area contributed by atoms with Gasteiger partial charge in [-0.3, -0.25) is 0 Å². The SMILES string of the molecule is C=C(Cc1ccc(-c2ccccc2)cc1)c1ccccc1. The van der Waals surface area contributed by atoms with E-state index in [4.69, 9.17) is 0 Å². The van der Waals surface area contributed by atoms with Gasteiger partial charge in [0.2, 0.25) is 0 Å². The summed E-state index contributed by atoms with van der Waals surface area (Å²) in [5.74, 6) is 0. The normalized spacial score (nSPS) is 10.3. The molecular weight excluding hydrogens is 252 g/mol. The fourth-order valence-corrected chi connectivity index (χ4v) is 2.47. The molecule has 0 unspecified atom stereocenters. The van der Waals surface area contributed by atoms with Crippen LogP contribution in [0.1, 0.15) is 11.1 Å². The van der Waals surface area contributed by atoms with E-state index in [1.165, 1.54) is 22.3 Å². The Hall–Kier alpha value is -2.60. The van der Waals surface area contributed by atoms with Crippen molar-refractivity contribution >= 4 is 5.57 Å². The first-order valence-electron chi connectivity index (χ1n) is 7.20. The van der Waals surface area contributed by atoms with Gasteiger partial charge in [0, 0.05) is 0 Å². The van der Waals surface area contributed by atoms with Gasteiger partial charge in [0.1, 0.15) is 0 Å². The second kappa shape index (κ2) is 6.23. The fourth-order valence-electron chi connectivity index (χ4n) is 2.47. The van der Waals surface area contributed by atoms with Crippen molar-refractivity contribution in [1.82, 2.24) is 0 Å². The van der Waals surface area contributed by atoms with E-state index in [2.05, 4.69) is 79.4 Å². The zero-order valence-corrected chi connectivity index (χ0v) is 12.0. The molecule has 0 bridgehead atoms. The van der Waals surface area contributed by atoms with E-state index in [1.54, 1.807) is 0 Å². The summed E-state index contributed by atoms with van der Waals surface area (Å²) in [7, 11) is 0. The van der Waals surface area contributed by atoms with E-state index in [1.807, 2.05) is 12.1 Å². The molecule has 0 spiro atoms. The van der Waals surface area contributed by atoms with Crippen molar-refractivity contribution in [1.29, 1.82) is 0 Å². The molecule has 0 heterocycles. The standard InChI is InChI=1S/C21H18/c1-17(19-8-4-2-5-9-19)16-18-12-14-21(15-13-18)20-10-6-3-7-11-20/h2-15H,1,16H2. The van der Waals surface area contributed by atoms with Crippen LogP contribution in [0.25, 0.3) is 16.7 Å². The Morgan fingerprint density at radius 3 is 1.76 bits per heavy atom. The van der Waals surface area contributed by atoms with Crippen molar-refractivity contribution in [3.63, 3.8) is 0 Å². The summed E-state index contributed by atoms with van der Waals surface area (Å²) < 4.78 is 0. The monoisotopic (exact) mass is 270 g/mol. The highest BCUT2D eigenvalue weighted by molar-refractivity contribution is 5.67. The average molecular weight is 270 g/mol. The molecule has 0 saturated heterocycles. The molecule has 0 aromatic heterocycles. The zero-order chi connectivity index (χ0) is 14.5. The maximum atomic E-state index is 4.20. The molecule has 0 saturated carbocycles. The van der Waals surface area contributed by atoms with Crippen molar-refractivity contribution in [2.45, 2.75) is 6.42 Å². The quantitative estimate of drug-likeness (QED) is 0.578. The molecule has 0 atom stereocenters. The molecule has 0 fully saturated rings. The summed E-state index contributed by atoms with van der Waals surface area (Å²) in [6, 6.07) is 29.6. The summed E-state index contributed by atoms with van der Waals surface area (Å²) in [6.45, 7) is 4.20. The first-order chi connectivity index (χ1) is 10.3. The van der Waals surface area contributed by atoms with E-state index in [-0.39, 0.29) is 0 Å². The first-order valence-corrected chi connectivity index (χ1v) is 7.20. The largest absolute Gasteiger partial charge is 0.0949 e. The second-order valence-electron chi connectivity index (χ2n) is 5.21. The highest BCUT2D eigenvalue weighted by Crippen LogP contribution is 2.22. The van der Waals surface area contributed by atoms with Crippen LogP contribution in [0, 0.1) is 0 Å². The molecule has 0 heteroatoms. The fraction of sp³-hybridized carbons (Fsp3) is 0.0476. The molecule has 0 radical (unpaired) electrons. The van der Waals surface area contributed by atoms with Crippen molar-refractivity contribution in [3.05, 3.63) is 103 Å². The van der Waals surface area contributed by atoms with E-state index >= 15 is 0 Å². The molecule has 0 N–H and O–H groups in total. The van der Waals surface area contributed by atoms with Crippen LogP contribution in [0.5, 0.6) is 0 Å². The number of allylic oxidation sites excluding steroid dienone is 1. The van der Waals surface area contributed by atoms with Gasteiger partial charge in [-0.2, -0.15) is 0 Å². The predicted octanol–water partition coefficient (Wildman–Crippen LogP) is 5.61. The molecule has 21 heavy (non-hydrogen) atoms. The Morgan fingerprint density at radius 1 is 0.619 bits per heavy atom. The highest BCUT2D eigenvalue weighted by atomic mass is 14.1. The molecule has 0 amide bonds. The smallest absolute Gasteiger partial charge is 0.00257 e. The van der Waals surface area contributed by atoms with Crippen LogP contribution in [-0.4, -0.2) is 0 Å². The van der Waals surface area contributed by atoms with Crippen LogP contribution in [0.2, 0.25) is 0 Å². The Labute approximate surface area is 126 Å². The number of rotatable bonds is 4. The van der Waals surface area contributed by atoms with Gasteiger partial charge in [-0.15, -0.1) is 0 Å². The van der Waals surface area contributed by atoms with E-state index < -0.39 is 0 Å². The minimum absolute atomic E-state index is 0.888. The number of hydrogen-bond acceptors (Lipinski definition) is 0. The van der Waals surface area contributed by atoms with Crippen LogP contribution >= 0.6 is 0 Å². The first kappa shape index (κ1) is 13.4. The molecule has 0 nitrogen and oxygen atoms in total. The van der Waals surface area contributed by atoms with Crippen LogP contribution in [0.15, 0.2) is 91.5 Å². The Balaban J connectivity index is 1.75. The molecule has 0 aliphatic heterocycles. The lowest BCUT2D eigenvalue weighted by molar-refractivity contribution is 1.29. The van der Waals surface area contributed by atoms with Gasteiger partial charge in [-0.1, -0.05) is 91.5 Å². The third-order valence-corrected chi connectivity index (χ3v) is 3.66. The molecule has 3 aromatic carbocycles. The van der Waals surface area contributed by atoms with Crippen LogP contribution in [0.4, 0.5) is 0 Å². The Morgan fingerprint density at radius 2 is 1.14 bits per heavy atom. The molecular formula is C21H18. The molecule has 3 rings (SSSR count). The third kappa shape index (κ3) is 3.29. The van der Waals surface area contributed by atoms with Crippen LogP contribution in [0.3, 0.4) is 0 Å². The summed E-state index contributed by atoms with van der Waals surface area (Å²) in [6.07, 6.45) is 0.888. The average Bonchev–Trinajstić information content (AvgIpc) is 2.57. The molecule has 0 aliphatic rings. The van der Waals surface area contributed by atoms with Gasteiger partial charge in [-0.05, 0) is 34.2 Å². The van der Waals surface area contributed by atoms with Gasteiger partial charge in [-0.25, -0.2) is 0 Å². The predicted molar refractivity (Wildman–Crippen MR) is 91.1 cm³/mol. The van der Waals surface area contributed by atoms with Crippen LogP contribution in [-0.2, 0) is 6.42 Å². The Bertz CT molecular complexity index is 707. The lowest BCUT2D eigenvalue weighted by Crippen LogP contribution is -1.89.